The molecule has 3 aromatic rings. The van der Waals surface area contributed by atoms with Gasteiger partial charge in [0.05, 0.1) is 21.5 Å². The third-order valence-corrected chi connectivity index (χ3v) is 5.09. The quantitative estimate of drug-likeness (QED) is 0.530. The van der Waals surface area contributed by atoms with E-state index < -0.39 is 12.4 Å². The van der Waals surface area contributed by atoms with E-state index >= 15 is 0 Å². The molecule has 1 aromatic heterocycles. The van der Waals surface area contributed by atoms with Crippen LogP contribution in [0.3, 0.4) is 0 Å². The van der Waals surface area contributed by atoms with Gasteiger partial charge in [-0.05, 0) is 40.5 Å². The van der Waals surface area contributed by atoms with E-state index in [0.717, 1.165) is 0 Å². The highest BCUT2D eigenvalue weighted by Crippen LogP contribution is 2.44. The highest BCUT2D eigenvalue weighted by Gasteiger charge is 2.32. The standard InChI is InChI=1S/C17H10BrClF3N2O/c18-8-6-13-11(7-10(8)20)23-15-5-4-12(24(13)15)16-9(19)2-1-3-14(16)25-17(21)22/h1-3,5-7,12,17H,4H2/t12-/m1/s1. The molecule has 1 atom stereocenters. The van der Waals surface area contributed by atoms with Crippen LogP contribution in [0.5, 0.6) is 5.75 Å². The number of nitrogens with zero attached hydrogens (tertiary/aromatic N) is 2. The van der Waals surface area contributed by atoms with Gasteiger partial charge in [-0.25, -0.2) is 9.37 Å². The summed E-state index contributed by atoms with van der Waals surface area (Å²) in [6, 6.07) is 7.24. The van der Waals surface area contributed by atoms with Crippen LogP contribution in [-0.4, -0.2) is 16.2 Å². The molecule has 0 bridgehead atoms. The lowest BCUT2D eigenvalue weighted by Gasteiger charge is -2.20. The van der Waals surface area contributed by atoms with E-state index in [1.807, 2.05) is 11.0 Å². The molecule has 2 aromatic carbocycles. The zero-order valence-corrected chi connectivity index (χ0v) is 14.9. The first-order valence-electron chi connectivity index (χ1n) is 7.39. The summed E-state index contributed by atoms with van der Waals surface area (Å²) in [4.78, 5) is 4.41. The zero-order chi connectivity index (χ0) is 17.7. The molecule has 1 aliphatic rings. The molecule has 1 aliphatic heterocycles. The highest BCUT2D eigenvalue weighted by atomic mass is 79.9. The van der Waals surface area contributed by atoms with Gasteiger partial charge < -0.3 is 9.30 Å². The minimum Gasteiger partial charge on any atom is -0.434 e. The van der Waals surface area contributed by atoms with Crippen LogP contribution in [0.15, 0.2) is 34.8 Å². The lowest BCUT2D eigenvalue weighted by Crippen LogP contribution is -2.11. The topological polar surface area (TPSA) is 27.1 Å². The molecule has 0 amide bonds. The zero-order valence-electron chi connectivity index (χ0n) is 12.5. The van der Waals surface area contributed by atoms with Gasteiger partial charge in [0, 0.05) is 23.1 Å². The molecular formula is C17H10BrClF3N2O. The Hall–Kier alpha value is -1.73. The van der Waals surface area contributed by atoms with Crippen molar-refractivity contribution in [2.45, 2.75) is 19.1 Å². The summed E-state index contributed by atoms with van der Waals surface area (Å²) in [5.74, 6) is 0.248. The number of imidazole rings is 1. The van der Waals surface area contributed by atoms with Gasteiger partial charge >= 0.3 is 6.61 Å². The van der Waals surface area contributed by atoms with Crippen LogP contribution in [0.2, 0.25) is 5.02 Å². The Balaban J connectivity index is 1.90. The molecular weight excluding hydrogens is 421 g/mol. The fourth-order valence-corrected chi connectivity index (χ4v) is 3.81. The molecule has 0 N–H and O–H groups in total. The number of rotatable bonds is 3. The normalized spacial score (nSPS) is 16.6. The number of alkyl halides is 2. The van der Waals surface area contributed by atoms with Crippen LogP contribution in [0.4, 0.5) is 13.2 Å². The second-order valence-electron chi connectivity index (χ2n) is 5.58. The molecule has 0 saturated heterocycles. The Morgan fingerprint density at radius 2 is 2.12 bits per heavy atom. The van der Waals surface area contributed by atoms with Crippen molar-refractivity contribution >= 4 is 38.6 Å². The number of benzene rings is 2. The predicted octanol–water partition coefficient (Wildman–Crippen LogP) is 5.74. The van der Waals surface area contributed by atoms with E-state index in [9.17, 15) is 13.2 Å². The first-order valence-corrected chi connectivity index (χ1v) is 8.56. The van der Waals surface area contributed by atoms with Crippen LogP contribution in [0, 0.1) is 12.2 Å². The van der Waals surface area contributed by atoms with Crippen molar-refractivity contribution in [1.82, 2.24) is 9.55 Å². The average molecular weight is 431 g/mol. The summed E-state index contributed by atoms with van der Waals surface area (Å²) in [6.45, 7) is -2.95. The first kappa shape index (κ1) is 16.7. The lowest BCUT2D eigenvalue weighted by atomic mass is 10.0. The fourth-order valence-electron chi connectivity index (χ4n) is 3.19. The third kappa shape index (κ3) is 2.79. The highest BCUT2D eigenvalue weighted by molar-refractivity contribution is 9.10. The van der Waals surface area contributed by atoms with Crippen LogP contribution >= 0.6 is 27.5 Å². The molecule has 4 rings (SSSR count). The second-order valence-corrected chi connectivity index (χ2v) is 6.84. The van der Waals surface area contributed by atoms with Gasteiger partial charge in [0.25, 0.3) is 0 Å². The minimum absolute atomic E-state index is 0.0248. The van der Waals surface area contributed by atoms with Crippen LogP contribution in [0.25, 0.3) is 11.0 Å². The van der Waals surface area contributed by atoms with E-state index in [1.165, 1.54) is 12.1 Å². The predicted molar refractivity (Wildman–Crippen MR) is 91.6 cm³/mol. The molecule has 129 valence electrons. The van der Waals surface area contributed by atoms with Crippen LogP contribution in [0.1, 0.15) is 23.9 Å². The van der Waals surface area contributed by atoms with Crippen molar-refractivity contribution in [1.29, 1.82) is 0 Å². The molecule has 8 heteroatoms. The van der Waals surface area contributed by atoms with Gasteiger partial charge in [-0.1, -0.05) is 17.7 Å². The Morgan fingerprint density at radius 1 is 1.32 bits per heavy atom. The van der Waals surface area contributed by atoms with Gasteiger partial charge in [0.2, 0.25) is 0 Å². The SMILES string of the molecule is Fc1cc2nc3n(c2cc1Br)[C@@H](c1c(Cl)cccc1OC(F)F)C[CH]3. The maximum absolute atomic E-state index is 13.8. The number of hydrogen-bond donors (Lipinski definition) is 0. The Bertz CT molecular complexity index is 976. The van der Waals surface area contributed by atoms with Crippen molar-refractivity contribution < 1.29 is 17.9 Å². The molecule has 0 fully saturated rings. The molecule has 0 saturated carbocycles. The van der Waals surface area contributed by atoms with E-state index in [-0.39, 0.29) is 11.8 Å². The van der Waals surface area contributed by atoms with Gasteiger partial charge in [-0.15, -0.1) is 0 Å². The van der Waals surface area contributed by atoms with Gasteiger partial charge in [-0.2, -0.15) is 8.78 Å². The molecule has 0 spiro atoms. The molecule has 0 aliphatic carbocycles. The van der Waals surface area contributed by atoms with Gasteiger partial charge in [0.1, 0.15) is 17.4 Å². The maximum atomic E-state index is 13.8. The fraction of sp³-hybridized carbons (Fsp3) is 0.176. The van der Waals surface area contributed by atoms with Gasteiger partial charge in [0.15, 0.2) is 0 Å². The van der Waals surface area contributed by atoms with E-state index in [0.29, 0.717) is 38.3 Å². The number of hydrogen-bond acceptors (Lipinski definition) is 2. The summed E-state index contributed by atoms with van der Waals surface area (Å²) < 4.78 is 46.1. The van der Waals surface area contributed by atoms with Crippen molar-refractivity contribution in [3.05, 3.63) is 63.5 Å². The molecule has 3 nitrogen and oxygen atoms in total. The Labute approximate surface area is 154 Å². The van der Waals surface area contributed by atoms with Crippen molar-refractivity contribution in [2.75, 3.05) is 0 Å². The number of aromatic nitrogens is 2. The summed E-state index contributed by atoms with van der Waals surface area (Å²) in [5, 5.41) is 0.326. The number of halogens is 5. The van der Waals surface area contributed by atoms with Crippen molar-refractivity contribution in [3.8, 4) is 5.75 Å². The summed E-state index contributed by atoms with van der Waals surface area (Å²) >= 11 is 9.46. The second kappa shape index (κ2) is 6.21. The number of ether oxygens (including phenoxy) is 1. The van der Waals surface area contributed by atoms with Crippen molar-refractivity contribution in [2.24, 2.45) is 0 Å². The summed E-state index contributed by atoms with van der Waals surface area (Å²) in [6.07, 6.45) is 2.39. The minimum atomic E-state index is -2.95. The maximum Gasteiger partial charge on any atom is 0.387 e. The van der Waals surface area contributed by atoms with Crippen LogP contribution in [-0.2, 0) is 0 Å². The van der Waals surface area contributed by atoms with E-state index in [4.69, 9.17) is 11.6 Å². The largest absolute Gasteiger partial charge is 0.434 e. The van der Waals surface area contributed by atoms with Crippen molar-refractivity contribution in [3.63, 3.8) is 0 Å². The molecule has 0 unspecified atom stereocenters. The first-order chi connectivity index (χ1) is 12.0. The average Bonchev–Trinajstić information content (AvgIpc) is 3.07. The molecule has 1 radical (unpaired) electrons. The molecule has 2 heterocycles. The van der Waals surface area contributed by atoms with E-state index in [2.05, 4.69) is 25.7 Å². The summed E-state index contributed by atoms with van der Waals surface area (Å²) in [7, 11) is 0. The Morgan fingerprint density at radius 3 is 2.88 bits per heavy atom. The lowest BCUT2D eigenvalue weighted by molar-refractivity contribution is -0.0506. The summed E-state index contributed by atoms with van der Waals surface area (Å²) in [5.41, 5.74) is 1.63. The third-order valence-electron chi connectivity index (χ3n) is 4.16. The van der Waals surface area contributed by atoms with Gasteiger partial charge in [-0.3, -0.25) is 0 Å². The molecule has 25 heavy (non-hydrogen) atoms. The smallest absolute Gasteiger partial charge is 0.387 e. The van der Waals surface area contributed by atoms with E-state index in [1.54, 1.807) is 18.2 Å². The number of fused-ring (bicyclic) bond motifs is 3. The Kier molecular flexibility index (Phi) is 4.16. The van der Waals surface area contributed by atoms with Crippen LogP contribution < -0.4 is 4.74 Å². The monoisotopic (exact) mass is 429 g/mol.